The fourth-order valence-electron chi connectivity index (χ4n) is 1.94. The molecule has 0 aliphatic rings. The number of nitrogen functional groups attached to an aromatic ring is 1. The number of aromatic nitrogens is 2. The molecule has 0 aliphatic carbocycles. The van der Waals surface area contributed by atoms with E-state index in [4.69, 9.17) is 5.73 Å². The predicted molar refractivity (Wildman–Crippen MR) is 81.6 cm³/mol. The molecule has 1 heterocycles. The number of fused-ring (bicyclic) bond motifs is 1. The van der Waals surface area contributed by atoms with Crippen LogP contribution < -0.4 is 5.73 Å². The molecule has 5 heteroatoms. The van der Waals surface area contributed by atoms with E-state index in [-0.39, 0.29) is 5.75 Å². The number of para-hydroxylation sites is 1. The van der Waals surface area contributed by atoms with Gasteiger partial charge >= 0.3 is 0 Å². The van der Waals surface area contributed by atoms with Crippen LogP contribution in [0.15, 0.2) is 53.4 Å². The number of phenolic OH excluding ortho intramolecular Hbond substituents is 1. The summed E-state index contributed by atoms with van der Waals surface area (Å²) in [5.74, 6) is 2.06. The Morgan fingerprint density at radius 3 is 2.75 bits per heavy atom. The number of benzene rings is 2. The van der Waals surface area contributed by atoms with E-state index in [1.807, 2.05) is 36.4 Å². The summed E-state index contributed by atoms with van der Waals surface area (Å²) in [5.41, 5.74) is 6.80. The first-order valence-electron chi connectivity index (χ1n) is 6.15. The van der Waals surface area contributed by atoms with Crippen molar-refractivity contribution in [1.82, 2.24) is 9.97 Å². The Kier molecular flexibility index (Phi) is 3.43. The van der Waals surface area contributed by atoms with Gasteiger partial charge in [-0.05, 0) is 30.3 Å². The molecule has 4 nitrogen and oxygen atoms in total. The predicted octanol–water partition coefficient (Wildman–Crippen LogP) is 3.21. The molecular formula is C15H13N3OS. The molecule has 2 aromatic carbocycles. The van der Waals surface area contributed by atoms with Crippen LogP contribution in [0.25, 0.3) is 10.9 Å². The Bertz CT molecular complexity index is 761. The van der Waals surface area contributed by atoms with E-state index < -0.39 is 0 Å². The number of hydrogen-bond acceptors (Lipinski definition) is 5. The third kappa shape index (κ3) is 2.67. The zero-order chi connectivity index (χ0) is 13.9. The van der Waals surface area contributed by atoms with Crippen molar-refractivity contribution < 1.29 is 5.11 Å². The van der Waals surface area contributed by atoms with Crippen LogP contribution in [0.3, 0.4) is 0 Å². The molecule has 0 amide bonds. The number of rotatable bonds is 3. The number of nitrogens with zero attached hydrogens (tertiary/aromatic N) is 2. The van der Waals surface area contributed by atoms with Crippen molar-refractivity contribution in [2.24, 2.45) is 0 Å². The number of nitrogens with two attached hydrogens (primary N) is 1. The van der Waals surface area contributed by atoms with Gasteiger partial charge in [0.05, 0.1) is 11.3 Å². The van der Waals surface area contributed by atoms with Crippen LogP contribution in [0.1, 0.15) is 5.82 Å². The van der Waals surface area contributed by atoms with Crippen LogP contribution in [-0.4, -0.2) is 15.1 Å². The highest BCUT2D eigenvalue weighted by molar-refractivity contribution is 7.98. The second-order valence-electron chi connectivity index (χ2n) is 4.33. The average Bonchev–Trinajstić information content (AvgIpc) is 2.45. The molecule has 0 bridgehead atoms. The van der Waals surface area contributed by atoms with E-state index in [9.17, 15) is 5.11 Å². The number of aromatic hydroxyl groups is 1. The zero-order valence-corrected chi connectivity index (χ0v) is 11.5. The molecule has 100 valence electrons. The second kappa shape index (κ2) is 5.38. The quantitative estimate of drug-likeness (QED) is 0.722. The van der Waals surface area contributed by atoms with E-state index in [0.29, 0.717) is 17.4 Å². The first-order valence-corrected chi connectivity index (χ1v) is 7.14. The fraction of sp³-hybridized carbons (Fsp3) is 0.0667. The third-order valence-electron chi connectivity index (χ3n) is 2.86. The number of hydrogen-bond donors (Lipinski definition) is 2. The maximum Gasteiger partial charge on any atom is 0.141 e. The zero-order valence-electron chi connectivity index (χ0n) is 10.7. The Labute approximate surface area is 120 Å². The number of anilines is 1. The van der Waals surface area contributed by atoms with Gasteiger partial charge in [-0.3, -0.25) is 0 Å². The standard InChI is InChI=1S/C15H13N3OS/c16-15-12-6-1-2-7-13(12)17-14(18-15)9-20-11-5-3-4-10(19)8-11/h1-8,19H,9H2,(H2,16,17,18). The average molecular weight is 283 g/mol. The maximum absolute atomic E-state index is 9.43. The molecule has 1 aromatic heterocycles. The molecule has 0 radical (unpaired) electrons. The highest BCUT2D eigenvalue weighted by atomic mass is 32.2. The van der Waals surface area contributed by atoms with Crippen LogP contribution in [0.4, 0.5) is 5.82 Å². The van der Waals surface area contributed by atoms with E-state index in [1.165, 1.54) is 0 Å². The van der Waals surface area contributed by atoms with Crippen molar-refractivity contribution in [1.29, 1.82) is 0 Å². The number of phenols is 1. The van der Waals surface area contributed by atoms with Gasteiger partial charge in [-0.2, -0.15) is 0 Å². The third-order valence-corrected chi connectivity index (χ3v) is 3.85. The molecule has 3 N–H and O–H groups in total. The summed E-state index contributed by atoms with van der Waals surface area (Å²) in [6, 6.07) is 14.8. The Balaban J connectivity index is 1.84. The molecular weight excluding hydrogens is 270 g/mol. The van der Waals surface area contributed by atoms with Gasteiger partial charge in [0.15, 0.2) is 0 Å². The van der Waals surface area contributed by atoms with Gasteiger partial charge in [0.2, 0.25) is 0 Å². The second-order valence-corrected chi connectivity index (χ2v) is 5.38. The van der Waals surface area contributed by atoms with Crippen LogP contribution in [0, 0.1) is 0 Å². The molecule has 0 unspecified atom stereocenters. The summed E-state index contributed by atoms with van der Waals surface area (Å²) in [6.45, 7) is 0. The lowest BCUT2D eigenvalue weighted by atomic mass is 10.2. The van der Waals surface area contributed by atoms with Gasteiger partial charge in [0, 0.05) is 10.3 Å². The van der Waals surface area contributed by atoms with Gasteiger partial charge in [0.25, 0.3) is 0 Å². The molecule has 20 heavy (non-hydrogen) atoms. The molecule has 0 spiro atoms. The topological polar surface area (TPSA) is 72.0 Å². The van der Waals surface area contributed by atoms with Gasteiger partial charge in [0.1, 0.15) is 17.4 Å². The Morgan fingerprint density at radius 1 is 1.05 bits per heavy atom. The molecule has 3 rings (SSSR count). The first kappa shape index (κ1) is 12.7. The first-order chi connectivity index (χ1) is 9.72. The van der Waals surface area contributed by atoms with Gasteiger partial charge in [-0.15, -0.1) is 11.8 Å². The van der Waals surface area contributed by atoms with Crippen LogP contribution in [-0.2, 0) is 5.75 Å². The van der Waals surface area contributed by atoms with Crippen molar-refractivity contribution in [3.05, 3.63) is 54.4 Å². The Hall–Kier alpha value is -2.27. The normalized spacial score (nSPS) is 10.8. The molecule has 0 aliphatic heterocycles. The minimum absolute atomic E-state index is 0.258. The highest BCUT2D eigenvalue weighted by Gasteiger charge is 2.05. The summed E-state index contributed by atoms with van der Waals surface area (Å²) in [7, 11) is 0. The molecule has 0 saturated carbocycles. The minimum atomic E-state index is 0.258. The summed E-state index contributed by atoms with van der Waals surface area (Å²) in [4.78, 5) is 9.79. The van der Waals surface area contributed by atoms with E-state index >= 15 is 0 Å². The van der Waals surface area contributed by atoms with Crippen LogP contribution >= 0.6 is 11.8 Å². The smallest absolute Gasteiger partial charge is 0.141 e. The fourth-order valence-corrected chi connectivity index (χ4v) is 2.74. The molecule has 0 atom stereocenters. The van der Waals surface area contributed by atoms with Crippen molar-refractivity contribution in [3.8, 4) is 5.75 Å². The monoisotopic (exact) mass is 283 g/mol. The summed E-state index contributed by atoms with van der Waals surface area (Å²) in [5, 5.41) is 10.3. The van der Waals surface area contributed by atoms with Crippen molar-refractivity contribution in [2.45, 2.75) is 10.6 Å². The molecule has 0 fully saturated rings. The van der Waals surface area contributed by atoms with Gasteiger partial charge in [-0.1, -0.05) is 18.2 Å². The maximum atomic E-state index is 9.43. The summed E-state index contributed by atoms with van der Waals surface area (Å²) < 4.78 is 0. The van der Waals surface area contributed by atoms with Crippen molar-refractivity contribution in [2.75, 3.05) is 5.73 Å². The van der Waals surface area contributed by atoms with E-state index in [1.54, 1.807) is 23.9 Å². The largest absolute Gasteiger partial charge is 0.508 e. The van der Waals surface area contributed by atoms with Crippen molar-refractivity contribution >= 4 is 28.5 Å². The summed E-state index contributed by atoms with van der Waals surface area (Å²) in [6.07, 6.45) is 0. The van der Waals surface area contributed by atoms with Crippen LogP contribution in [0.5, 0.6) is 5.75 Å². The lowest BCUT2D eigenvalue weighted by Crippen LogP contribution is -1.99. The van der Waals surface area contributed by atoms with E-state index in [2.05, 4.69) is 9.97 Å². The highest BCUT2D eigenvalue weighted by Crippen LogP contribution is 2.26. The Morgan fingerprint density at radius 2 is 1.90 bits per heavy atom. The molecule has 0 saturated heterocycles. The van der Waals surface area contributed by atoms with Crippen molar-refractivity contribution in [3.63, 3.8) is 0 Å². The SMILES string of the molecule is Nc1nc(CSc2cccc(O)c2)nc2ccccc12. The van der Waals surface area contributed by atoms with Crippen LogP contribution in [0.2, 0.25) is 0 Å². The lowest BCUT2D eigenvalue weighted by Gasteiger charge is -2.05. The van der Waals surface area contributed by atoms with E-state index in [0.717, 1.165) is 15.8 Å². The minimum Gasteiger partial charge on any atom is -0.508 e. The number of thioether (sulfide) groups is 1. The van der Waals surface area contributed by atoms with Gasteiger partial charge in [-0.25, -0.2) is 9.97 Å². The lowest BCUT2D eigenvalue weighted by molar-refractivity contribution is 0.474. The summed E-state index contributed by atoms with van der Waals surface area (Å²) >= 11 is 1.56. The molecule has 3 aromatic rings. The van der Waals surface area contributed by atoms with Gasteiger partial charge < -0.3 is 10.8 Å².